The second-order valence-corrected chi connectivity index (χ2v) is 8.54. The molecule has 0 spiro atoms. The van der Waals surface area contributed by atoms with Crippen LogP contribution >= 0.6 is 0 Å². The molecule has 7 nitrogen and oxygen atoms in total. The first kappa shape index (κ1) is 21.0. The third-order valence-corrected chi connectivity index (χ3v) is 6.48. The van der Waals surface area contributed by atoms with Gasteiger partial charge in [-0.1, -0.05) is 29.8 Å². The fourth-order valence-electron chi connectivity index (χ4n) is 4.90. The van der Waals surface area contributed by atoms with Gasteiger partial charge in [0.2, 0.25) is 5.95 Å². The molecular weight excluding hydrogens is 416 g/mol. The number of hydrogen-bond donors (Lipinski definition) is 1. The largest absolute Gasteiger partial charge is 0.494 e. The van der Waals surface area contributed by atoms with E-state index in [0.717, 1.165) is 51.1 Å². The van der Waals surface area contributed by atoms with Crippen molar-refractivity contribution in [2.75, 3.05) is 18.6 Å². The maximum absolute atomic E-state index is 11.9. The van der Waals surface area contributed by atoms with E-state index in [1.54, 1.807) is 19.5 Å². The summed E-state index contributed by atoms with van der Waals surface area (Å²) in [5, 5.41) is 10.9. The van der Waals surface area contributed by atoms with Gasteiger partial charge >= 0.3 is 5.97 Å². The second-order valence-electron chi connectivity index (χ2n) is 8.54. The van der Waals surface area contributed by atoms with E-state index in [1.807, 2.05) is 6.92 Å². The van der Waals surface area contributed by atoms with Crippen LogP contribution in [0.1, 0.15) is 22.4 Å². The van der Waals surface area contributed by atoms with Gasteiger partial charge in [0.1, 0.15) is 0 Å². The summed E-state index contributed by atoms with van der Waals surface area (Å²) in [7, 11) is 1.59. The lowest BCUT2D eigenvalue weighted by molar-refractivity contribution is -0.136. The van der Waals surface area contributed by atoms with Gasteiger partial charge < -0.3 is 19.3 Å². The van der Waals surface area contributed by atoms with Gasteiger partial charge in [-0.2, -0.15) is 0 Å². The van der Waals surface area contributed by atoms with E-state index in [-0.39, 0.29) is 6.42 Å². The van der Waals surface area contributed by atoms with Crippen LogP contribution in [0, 0.1) is 20.8 Å². The van der Waals surface area contributed by atoms with Gasteiger partial charge in [0.15, 0.2) is 5.75 Å². The lowest BCUT2D eigenvalue weighted by Gasteiger charge is -2.32. The van der Waals surface area contributed by atoms with Crippen molar-refractivity contribution in [3.63, 3.8) is 0 Å². The predicted molar refractivity (Wildman–Crippen MR) is 129 cm³/mol. The fourth-order valence-corrected chi connectivity index (χ4v) is 4.90. The number of methoxy groups -OCH3 is 1. The van der Waals surface area contributed by atoms with Gasteiger partial charge in [-0.3, -0.25) is 4.79 Å². The van der Waals surface area contributed by atoms with E-state index in [0.29, 0.717) is 18.2 Å². The van der Waals surface area contributed by atoms with Gasteiger partial charge in [0.25, 0.3) is 0 Å². The Morgan fingerprint density at radius 2 is 1.79 bits per heavy atom. The molecular formula is C26H26N4O3. The van der Waals surface area contributed by atoms with E-state index >= 15 is 0 Å². The summed E-state index contributed by atoms with van der Waals surface area (Å²) in [4.78, 5) is 23.1. The highest BCUT2D eigenvalue weighted by molar-refractivity contribution is 6.08. The highest BCUT2D eigenvalue weighted by Gasteiger charge is 2.30. The number of aliphatic carboxylic acids is 1. The number of ether oxygens (including phenoxy) is 1. The lowest BCUT2D eigenvalue weighted by Crippen LogP contribution is -2.30. The number of aromatic nitrogens is 3. The van der Waals surface area contributed by atoms with E-state index in [2.05, 4.69) is 63.6 Å². The molecule has 168 valence electrons. The Bertz CT molecular complexity index is 1370. The monoisotopic (exact) mass is 442 g/mol. The van der Waals surface area contributed by atoms with Crippen LogP contribution in [-0.4, -0.2) is 39.3 Å². The Hall–Kier alpha value is -3.87. The number of carboxylic acids is 1. The van der Waals surface area contributed by atoms with Crippen LogP contribution in [0.25, 0.3) is 22.0 Å². The highest BCUT2D eigenvalue weighted by Crippen LogP contribution is 2.46. The maximum atomic E-state index is 11.9. The molecule has 3 heterocycles. The SMILES string of the molecule is COc1cnc(N2CCn3c(C)cc4c(-c5ccc(C)cc5)c(CC(=O)O)c(C)c2c43)nc1. The van der Waals surface area contributed by atoms with Gasteiger partial charge in [-0.15, -0.1) is 0 Å². The predicted octanol–water partition coefficient (Wildman–Crippen LogP) is 4.81. The van der Waals surface area contributed by atoms with Gasteiger partial charge in [0.05, 0.1) is 37.1 Å². The molecule has 2 aromatic heterocycles. The number of carboxylic acid groups (broad SMARTS) is 1. The van der Waals surface area contributed by atoms with Crippen LogP contribution in [0.3, 0.4) is 0 Å². The van der Waals surface area contributed by atoms with Gasteiger partial charge in [-0.25, -0.2) is 9.97 Å². The molecule has 1 N–H and O–H groups in total. The van der Waals surface area contributed by atoms with E-state index < -0.39 is 5.97 Å². The molecule has 7 heteroatoms. The molecule has 0 unspecified atom stereocenters. The molecule has 2 aromatic carbocycles. The van der Waals surface area contributed by atoms with Crippen LogP contribution < -0.4 is 9.64 Å². The van der Waals surface area contributed by atoms with Crippen molar-refractivity contribution in [1.29, 1.82) is 0 Å². The zero-order valence-electron chi connectivity index (χ0n) is 19.2. The zero-order valence-corrected chi connectivity index (χ0v) is 19.2. The lowest BCUT2D eigenvalue weighted by atomic mass is 9.88. The maximum Gasteiger partial charge on any atom is 0.307 e. The molecule has 0 radical (unpaired) electrons. The average molecular weight is 443 g/mol. The number of anilines is 2. The molecule has 33 heavy (non-hydrogen) atoms. The summed E-state index contributed by atoms with van der Waals surface area (Å²) in [6, 6.07) is 10.5. The van der Waals surface area contributed by atoms with Crippen molar-refractivity contribution >= 4 is 28.5 Å². The van der Waals surface area contributed by atoms with Crippen molar-refractivity contribution in [2.24, 2.45) is 0 Å². The van der Waals surface area contributed by atoms with E-state index in [1.165, 1.54) is 5.56 Å². The van der Waals surface area contributed by atoms with Crippen LogP contribution in [0.4, 0.5) is 11.6 Å². The smallest absolute Gasteiger partial charge is 0.307 e. The zero-order chi connectivity index (χ0) is 23.3. The van der Waals surface area contributed by atoms with Gasteiger partial charge in [-0.05, 0) is 49.1 Å². The number of aryl methyl sites for hydroxylation is 2. The third kappa shape index (κ3) is 3.40. The van der Waals surface area contributed by atoms with Crippen LogP contribution in [0.5, 0.6) is 5.75 Å². The van der Waals surface area contributed by atoms with E-state index in [4.69, 9.17) is 4.74 Å². The van der Waals surface area contributed by atoms with Gasteiger partial charge in [0, 0.05) is 24.2 Å². The topological polar surface area (TPSA) is 80.5 Å². The Labute approximate surface area is 192 Å². The third-order valence-electron chi connectivity index (χ3n) is 6.48. The second kappa shape index (κ2) is 7.92. The van der Waals surface area contributed by atoms with Crippen LogP contribution in [-0.2, 0) is 17.8 Å². The fraction of sp³-hybridized carbons (Fsp3) is 0.269. The summed E-state index contributed by atoms with van der Waals surface area (Å²) in [5.41, 5.74) is 8.18. The molecule has 0 amide bonds. The summed E-state index contributed by atoms with van der Waals surface area (Å²) >= 11 is 0. The quantitative estimate of drug-likeness (QED) is 0.478. The molecule has 1 aliphatic heterocycles. The standard InChI is InChI=1S/C26H26N4O3/c1-15-5-7-18(8-6-15)23-20(12-22(31)32)17(3)24-25-21(23)11-16(2)29(25)9-10-30(24)26-27-13-19(33-4)14-28-26/h5-8,11,13-14H,9-10,12H2,1-4H3,(H,31,32). The van der Waals surface area contributed by atoms with Crippen LogP contribution in [0.2, 0.25) is 0 Å². The number of nitrogens with zero attached hydrogens (tertiary/aromatic N) is 4. The Balaban J connectivity index is 1.83. The average Bonchev–Trinajstić information content (AvgIpc) is 3.14. The molecule has 5 rings (SSSR count). The first-order valence-corrected chi connectivity index (χ1v) is 11.0. The molecule has 0 fully saturated rings. The minimum atomic E-state index is -0.850. The van der Waals surface area contributed by atoms with Crippen LogP contribution in [0.15, 0.2) is 42.7 Å². The Morgan fingerprint density at radius 1 is 1.09 bits per heavy atom. The first-order chi connectivity index (χ1) is 15.9. The molecule has 0 saturated carbocycles. The van der Waals surface area contributed by atoms with Crippen molar-refractivity contribution in [3.8, 4) is 16.9 Å². The Morgan fingerprint density at radius 3 is 2.42 bits per heavy atom. The summed E-state index contributed by atoms with van der Waals surface area (Å²) in [5.74, 6) is 0.324. The molecule has 4 aromatic rings. The summed E-state index contributed by atoms with van der Waals surface area (Å²) < 4.78 is 7.54. The number of rotatable bonds is 5. The number of benzene rings is 2. The summed E-state index contributed by atoms with van der Waals surface area (Å²) in [6.07, 6.45) is 3.26. The van der Waals surface area contributed by atoms with Crippen molar-refractivity contribution in [3.05, 3.63) is 65.1 Å². The minimum Gasteiger partial charge on any atom is -0.494 e. The number of hydrogen-bond acceptors (Lipinski definition) is 5. The normalized spacial score (nSPS) is 12.9. The van der Waals surface area contributed by atoms with Crippen molar-refractivity contribution < 1.29 is 14.6 Å². The minimum absolute atomic E-state index is 0.0560. The summed E-state index contributed by atoms with van der Waals surface area (Å²) in [6.45, 7) is 7.66. The Kier molecular flexibility index (Phi) is 5.04. The molecule has 0 atom stereocenters. The molecule has 0 bridgehead atoms. The number of carbonyl (C=O) groups is 1. The molecule has 0 aliphatic carbocycles. The van der Waals surface area contributed by atoms with Crippen molar-refractivity contribution in [2.45, 2.75) is 33.7 Å². The first-order valence-electron chi connectivity index (χ1n) is 11.0. The molecule has 1 aliphatic rings. The van der Waals surface area contributed by atoms with Crippen molar-refractivity contribution in [1.82, 2.24) is 14.5 Å². The molecule has 0 saturated heterocycles. The van der Waals surface area contributed by atoms with E-state index in [9.17, 15) is 9.90 Å². The highest BCUT2D eigenvalue weighted by atomic mass is 16.5.